The number of rotatable bonds is 5. The molecule has 122 valence electrons. The number of carbonyl (C=O) groups excluding carboxylic acids is 1. The fraction of sp³-hybridized carbons (Fsp3) is 0.0625. The Bertz CT molecular complexity index is 853. The van der Waals surface area contributed by atoms with Gasteiger partial charge >= 0.3 is 0 Å². The molecule has 0 fully saturated rings. The van der Waals surface area contributed by atoms with Gasteiger partial charge < -0.3 is 15.1 Å². The Kier molecular flexibility index (Phi) is 4.98. The van der Waals surface area contributed by atoms with Crippen molar-refractivity contribution in [2.24, 2.45) is 0 Å². The van der Waals surface area contributed by atoms with Gasteiger partial charge in [-0.3, -0.25) is 4.79 Å². The number of aromatic nitrogens is 2. The first kappa shape index (κ1) is 16.3. The van der Waals surface area contributed by atoms with Crippen molar-refractivity contribution in [2.75, 3.05) is 10.6 Å². The van der Waals surface area contributed by atoms with E-state index < -0.39 is 0 Å². The molecule has 0 saturated heterocycles. The van der Waals surface area contributed by atoms with E-state index >= 15 is 0 Å². The van der Waals surface area contributed by atoms with Gasteiger partial charge in [-0.2, -0.15) is 0 Å². The summed E-state index contributed by atoms with van der Waals surface area (Å²) in [6, 6.07) is 9.97. The summed E-state index contributed by atoms with van der Waals surface area (Å²) in [4.78, 5) is 20.5. The van der Waals surface area contributed by atoms with Crippen molar-refractivity contribution >= 4 is 40.7 Å². The van der Waals surface area contributed by atoms with Gasteiger partial charge in [0.2, 0.25) is 5.95 Å². The van der Waals surface area contributed by atoms with Crippen molar-refractivity contribution in [3.8, 4) is 0 Å². The van der Waals surface area contributed by atoms with Crippen LogP contribution in [0, 0.1) is 0 Å². The van der Waals surface area contributed by atoms with Crippen LogP contribution in [0.4, 0.5) is 11.6 Å². The van der Waals surface area contributed by atoms with Gasteiger partial charge in [-0.05, 0) is 36.4 Å². The Labute approximate surface area is 147 Å². The summed E-state index contributed by atoms with van der Waals surface area (Å²) in [6.07, 6.45) is 3.08. The molecule has 8 heteroatoms. The van der Waals surface area contributed by atoms with Crippen LogP contribution in [0.15, 0.2) is 53.3 Å². The van der Waals surface area contributed by atoms with Crippen LogP contribution < -0.4 is 10.6 Å². The third-order valence-electron chi connectivity index (χ3n) is 3.07. The summed E-state index contributed by atoms with van der Waals surface area (Å²) in [7, 11) is 0. The molecule has 0 bridgehead atoms. The maximum absolute atomic E-state index is 12.3. The quantitative estimate of drug-likeness (QED) is 0.709. The second-order valence-electron chi connectivity index (χ2n) is 4.78. The summed E-state index contributed by atoms with van der Waals surface area (Å²) >= 11 is 11.8. The van der Waals surface area contributed by atoms with Crippen LogP contribution in [-0.2, 0) is 6.54 Å². The molecule has 0 aliphatic rings. The van der Waals surface area contributed by atoms with E-state index in [0.29, 0.717) is 28.2 Å². The zero-order valence-corrected chi connectivity index (χ0v) is 13.8. The number of benzene rings is 1. The second kappa shape index (κ2) is 7.33. The van der Waals surface area contributed by atoms with Gasteiger partial charge in [0.1, 0.15) is 11.5 Å². The van der Waals surface area contributed by atoms with Gasteiger partial charge in [0.25, 0.3) is 5.91 Å². The lowest BCUT2D eigenvalue weighted by atomic mass is 10.3. The summed E-state index contributed by atoms with van der Waals surface area (Å²) in [5.41, 5.74) is 0.746. The number of nitrogens with one attached hydrogen (secondary N) is 2. The number of halogens is 2. The van der Waals surface area contributed by atoms with E-state index in [1.165, 1.54) is 12.3 Å². The summed E-state index contributed by atoms with van der Waals surface area (Å²) < 4.78 is 5.21. The second-order valence-corrected chi connectivity index (χ2v) is 5.60. The average Bonchev–Trinajstić information content (AvgIpc) is 3.10. The number of amides is 1. The number of anilines is 2. The summed E-state index contributed by atoms with van der Waals surface area (Å²) in [5.74, 6) is 0.689. The molecule has 1 amide bonds. The molecule has 2 aromatic heterocycles. The van der Waals surface area contributed by atoms with Crippen LogP contribution in [0.2, 0.25) is 10.0 Å². The highest BCUT2D eigenvalue weighted by atomic mass is 35.5. The van der Waals surface area contributed by atoms with Crippen LogP contribution in [0.3, 0.4) is 0 Å². The van der Waals surface area contributed by atoms with E-state index in [0.717, 1.165) is 5.76 Å². The molecule has 6 nitrogen and oxygen atoms in total. The highest BCUT2D eigenvalue weighted by molar-refractivity contribution is 6.42. The van der Waals surface area contributed by atoms with Crippen LogP contribution in [0.5, 0.6) is 0 Å². The standard InChI is InChI=1S/C16H12Cl2N4O2/c17-12-4-3-10(8-13(12)18)21-15(23)14-5-6-19-16(22-14)20-9-11-2-1-7-24-11/h1-8H,9H2,(H,21,23)(H,19,20,22). The van der Waals surface area contributed by atoms with Crippen LogP contribution >= 0.6 is 23.2 Å². The molecule has 2 N–H and O–H groups in total. The van der Waals surface area contributed by atoms with E-state index in [-0.39, 0.29) is 11.6 Å². The van der Waals surface area contributed by atoms with Crippen molar-refractivity contribution in [1.29, 1.82) is 0 Å². The molecule has 0 unspecified atom stereocenters. The largest absolute Gasteiger partial charge is 0.467 e. The van der Waals surface area contributed by atoms with Crippen molar-refractivity contribution in [1.82, 2.24) is 9.97 Å². The molecule has 0 atom stereocenters. The lowest BCUT2D eigenvalue weighted by Crippen LogP contribution is -2.15. The molecule has 24 heavy (non-hydrogen) atoms. The molecule has 1 aromatic carbocycles. The van der Waals surface area contributed by atoms with Gasteiger partial charge in [-0.25, -0.2) is 9.97 Å². The van der Waals surface area contributed by atoms with Gasteiger partial charge in [0, 0.05) is 11.9 Å². The molecule has 0 spiro atoms. The molecule has 0 saturated carbocycles. The van der Waals surface area contributed by atoms with E-state index in [4.69, 9.17) is 27.6 Å². The van der Waals surface area contributed by atoms with Gasteiger partial charge in [-0.1, -0.05) is 23.2 Å². The van der Waals surface area contributed by atoms with Crippen LogP contribution in [0.1, 0.15) is 16.2 Å². The van der Waals surface area contributed by atoms with Crippen molar-refractivity contribution < 1.29 is 9.21 Å². The highest BCUT2D eigenvalue weighted by Gasteiger charge is 2.10. The number of nitrogens with zero attached hydrogens (tertiary/aromatic N) is 2. The SMILES string of the molecule is O=C(Nc1ccc(Cl)c(Cl)c1)c1ccnc(NCc2ccco2)n1. The Morgan fingerprint density at radius 3 is 2.79 bits per heavy atom. The molecule has 3 rings (SSSR count). The van der Waals surface area contributed by atoms with E-state index in [1.54, 1.807) is 30.5 Å². The van der Waals surface area contributed by atoms with Crippen molar-refractivity contribution in [3.05, 3.63) is 70.4 Å². The summed E-state index contributed by atoms with van der Waals surface area (Å²) in [5, 5.41) is 6.47. The normalized spacial score (nSPS) is 10.4. The number of hydrogen-bond donors (Lipinski definition) is 2. The van der Waals surface area contributed by atoms with Gasteiger partial charge in [0.15, 0.2) is 0 Å². The smallest absolute Gasteiger partial charge is 0.274 e. The third-order valence-corrected chi connectivity index (χ3v) is 3.81. The predicted octanol–water partition coefficient (Wildman–Crippen LogP) is 4.24. The van der Waals surface area contributed by atoms with Crippen molar-refractivity contribution in [3.63, 3.8) is 0 Å². The number of carbonyl (C=O) groups is 1. The Morgan fingerprint density at radius 2 is 2.04 bits per heavy atom. The minimum Gasteiger partial charge on any atom is -0.467 e. The minimum atomic E-state index is -0.378. The van der Waals surface area contributed by atoms with Crippen LogP contribution in [0.25, 0.3) is 0 Å². The fourth-order valence-electron chi connectivity index (χ4n) is 1.92. The number of hydrogen-bond acceptors (Lipinski definition) is 5. The maximum Gasteiger partial charge on any atom is 0.274 e. The first-order valence-corrected chi connectivity index (χ1v) is 7.73. The monoisotopic (exact) mass is 362 g/mol. The molecule has 3 aromatic rings. The molecule has 0 radical (unpaired) electrons. The molecule has 2 heterocycles. The lowest BCUT2D eigenvalue weighted by molar-refractivity contribution is 0.102. The van der Waals surface area contributed by atoms with Gasteiger partial charge in [-0.15, -0.1) is 0 Å². The van der Waals surface area contributed by atoms with E-state index in [2.05, 4.69) is 20.6 Å². The fourth-order valence-corrected chi connectivity index (χ4v) is 2.22. The predicted molar refractivity (Wildman–Crippen MR) is 92.5 cm³/mol. The van der Waals surface area contributed by atoms with Crippen LogP contribution in [-0.4, -0.2) is 15.9 Å². The third kappa shape index (κ3) is 4.04. The highest BCUT2D eigenvalue weighted by Crippen LogP contribution is 2.25. The topological polar surface area (TPSA) is 80.0 Å². The molecular weight excluding hydrogens is 351 g/mol. The van der Waals surface area contributed by atoms with Crippen molar-refractivity contribution in [2.45, 2.75) is 6.54 Å². The number of furan rings is 1. The molecule has 0 aliphatic carbocycles. The van der Waals surface area contributed by atoms with E-state index in [1.807, 2.05) is 6.07 Å². The summed E-state index contributed by atoms with van der Waals surface area (Å²) in [6.45, 7) is 0.421. The van der Waals surface area contributed by atoms with E-state index in [9.17, 15) is 4.79 Å². The Balaban J connectivity index is 1.68. The first-order valence-electron chi connectivity index (χ1n) is 6.97. The lowest BCUT2D eigenvalue weighted by Gasteiger charge is -2.07. The zero-order valence-electron chi connectivity index (χ0n) is 12.3. The zero-order chi connectivity index (χ0) is 16.9. The first-order chi connectivity index (χ1) is 11.6. The molecular formula is C16H12Cl2N4O2. The van der Waals surface area contributed by atoms with Gasteiger partial charge in [0.05, 0.1) is 22.9 Å². The molecule has 0 aliphatic heterocycles. The maximum atomic E-state index is 12.3. The average molecular weight is 363 g/mol. The Morgan fingerprint density at radius 1 is 1.17 bits per heavy atom. The Hall–Kier alpha value is -2.57. The minimum absolute atomic E-state index is 0.220.